The third-order valence-electron chi connectivity index (χ3n) is 10.6. The number of hydrogen-bond acceptors (Lipinski definition) is 4. The van der Waals surface area contributed by atoms with Gasteiger partial charge in [0.15, 0.2) is 0 Å². The molecule has 1 atom stereocenters. The Kier molecular flexibility index (Phi) is 7.05. The van der Waals surface area contributed by atoms with E-state index < -0.39 is 0 Å². The van der Waals surface area contributed by atoms with Crippen LogP contribution in [-0.4, -0.2) is 14.8 Å². The summed E-state index contributed by atoms with van der Waals surface area (Å²) in [6.07, 6.45) is 1.89. The summed E-state index contributed by atoms with van der Waals surface area (Å²) in [4.78, 5) is 17.8. The molecule has 1 unspecified atom stereocenters. The molecule has 0 spiro atoms. The van der Waals surface area contributed by atoms with Crippen molar-refractivity contribution in [2.45, 2.75) is 6.17 Å². The van der Waals surface area contributed by atoms with Crippen LogP contribution < -0.4 is 11.0 Å². The van der Waals surface area contributed by atoms with Crippen LogP contribution in [0.25, 0.3) is 71.7 Å². The van der Waals surface area contributed by atoms with E-state index in [1.54, 1.807) is 9.13 Å². The summed E-state index contributed by atoms with van der Waals surface area (Å²) in [5.41, 5.74) is 13.0. The molecule has 0 bridgehead atoms. The lowest BCUT2D eigenvalue weighted by Gasteiger charge is -2.25. The first-order valence-corrected chi connectivity index (χ1v) is 17.8. The van der Waals surface area contributed by atoms with Crippen molar-refractivity contribution in [2.75, 3.05) is 0 Å². The number of nitrogens with one attached hydrogen (secondary N) is 1. The number of hydrogen-bond donors (Lipinski definition) is 1. The fourth-order valence-electron chi connectivity index (χ4n) is 7.85. The number of imidazole rings is 1. The number of rotatable bonds is 5. The Morgan fingerprint density at radius 1 is 0.585 bits per heavy atom. The number of aromatic nitrogens is 2. The minimum Gasteiger partial charge on any atom is -0.456 e. The van der Waals surface area contributed by atoms with Gasteiger partial charge in [-0.1, -0.05) is 121 Å². The second kappa shape index (κ2) is 12.1. The van der Waals surface area contributed by atoms with Crippen LogP contribution >= 0.6 is 0 Å². The SMILES string of the molecule is Cn1c(=O)n(C)c2cc(-c3cccc(C4=CC(c5ccc(-c6cccc7oc8ccc9ccccc9c8c67)cc5)=NC(c5ccccc5)N4)c3)ccc21. The molecule has 1 aliphatic rings. The zero-order chi connectivity index (χ0) is 35.6. The molecule has 1 aliphatic heterocycles. The molecule has 1 N–H and O–H groups in total. The van der Waals surface area contributed by atoms with E-state index in [0.717, 1.165) is 83.3 Å². The maximum absolute atomic E-state index is 12.6. The van der Waals surface area contributed by atoms with Gasteiger partial charge < -0.3 is 9.73 Å². The summed E-state index contributed by atoms with van der Waals surface area (Å²) >= 11 is 0. The molecule has 3 heterocycles. The minimum atomic E-state index is -0.260. The molecule has 9 aromatic rings. The van der Waals surface area contributed by atoms with E-state index in [1.807, 2.05) is 26.2 Å². The van der Waals surface area contributed by atoms with Gasteiger partial charge in [0, 0.05) is 30.6 Å². The molecule has 53 heavy (non-hydrogen) atoms. The Morgan fingerprint density at radius 2 is 1.28 bits per heavy atom. The number of fused-ring (bicyclic) bond motifs is 6. The molecule has 7 aromatic carbocycles. The van der Waals surface area contributed by atoms with E-state index in [4.69, 9.17) is 9.41 Å². The van der Waals surface area contributed by atoms with Crippen LogP contribution in [0.2, 0.25) is 0 Å². The van der Waals surface area contributed by atoms with Gasteiger partial charge in [-0.15, -0.1) is 0 Å². The molecule has 0 radical (unpaired) electrons. The molecule has 0 saturated heterocycles. The zero-order valence-corrected chi connectivity index (χ0v) is 29.2. The maximum Gasteiger partial charge on any atom is 0.328 e. The Labute approximate surface area is 305 Å². The topological polar surface area (TPSA) is 64.5 Å². The maximum atomic E-state index is 12.6. The lowest BCUT2D eigenvalue weighted by molar-refractivity contribution is 0.664. The van der Waals surface area contributed by atoms with Crippen molar-refractivity contribution in [1.29, 1.82) is 0 Å². The third-order valence-corrected chi connectivity index (χ3v) is 10.6. The van der Waals surface area contributed by atoms with Gasteiger partial charge in [0.25, 0.3) is 0 Å². The van der Waals surface area contributed by atoms with Crippen molar-refractivity contribution in [2.24, 2.45) is 19.1 Å². The minimum absolute atomic E-state index is 0.0325. The normalized spacial score (nSPS) is 14.5. The van der Waals surface area contributed by atoms with Crippen molar-refractivity contribution in [3.63, 3.8) is 0 Å². The largest absolute Gasteiger partial charge is 0.456 e. The van der Waals surface area contributed by atoms with Crippen LogP contribution in [0.4, 0.5) is 0 Å². The highest BCUT2D eigenvalue weighted by Crippen LogP contribution is 2.40. The van der Waals surface area contributed by atoms with Gasteiger partial charge in [-0.3, -0.25) is 14.1 Å². The molecular weight excluding hydrogens is 653 g/mol. The fourth-order valence-corrected chi connectivity index (χ4v) is 7.85. The molecule has 2 aromatic heterocycles. The van der Waals surface area contributed by atoms with Gasteiger partial charge in [-0.05, 0) is 86.1 Å². The van der Waals surface area contributed by atoms with Crippen molar-refractivity contribution >= 4 is 55.2 Å². The van der Waals surface area contributed by atoms with Crippen LogP contribution in [0.5, 0.6) is 0 Å². The summed E-state index contributed by atoms with van der Waals surface area (Å²) < 4.78 is 9.75. The predicted octanol–water partition coefficient (Wildman–Crippen LogP) is 10.4. The van der Waals surface area contributed by atoms with Crippen LogP contribution in [0.3, 0.4) is 0 Å². The van der Waals surface area contributed by atoms with Gasteiger partial charge >= 0.3 is 5.69 Å². The highest BCUT2D eigenvalue weighted by atomic mass is 16.3. The third kappa shape index (κ3) is 5.10. The molecule has 10 rings (SSSR count). The first kappa shape index (κ1) is 30.9. The summed E-state index contributed by atoms with van der Waals surface area (Å²) in [5.74, 6) is 0. The highest BCUT2D eigenvalue weighted by Gasteiger charge is 2.21. The van der Waals surface area contributed by atoms with E-state index in [2.05, 4.69) is 151 Å². The Bertz CT molecular complexity index is 3020. The molecule has 0 aliphatic carbocycles. The van der Waals surface area contributed by atoms with E-state index in [0.29, 0.717) is 0 Å². The Morgan fingerprint density at radius 3 is 2.15 bits per heavy atom. The van der Waals surface area contributed by atoms with Crippen molar-refractivity contribution in [1.82, 2.24) is 14.5 Å². The van der Waals surface area contributed by atoms with Gasteiger partial charge in [-0.25, -0.2) is 4.79 Å². The number of furan rings is 1. The van der Waals surface area contributed by atoms with Crippen LogP contribution in [0.1, 0.15) is 22.9 Å². The van der Waals surface area contributed by atoms with E-state index >= 15 is 0 Å². The van der Waals surface area contributed by atoms with E-state index in [1.165, 1.54) is 10.8 Å². The fraction of sp³-hybridized carbons (Fsp3) is 0.0638. The molecular formula is C47H34N4O2. The second-order valence-electron chi connectivity index (χ2n) is 13.7. The van der Waals surface area contributed by atoms with Crippen molar-refractivity contribution in [3.8, 4) is 22.3 Å². The molecule has 6 nitrogen and oxygen atoms in total. The summed E-state index contributed by atoms with van der Waals surface area (Å²) in [6, 6.07) is 52.8. The van der Waals surface area contributed by atoms with Crippen molar-refractivity contribution in [3.05, 3.63) is 185 Å². The smallest absolute Gasteiger partial charge is 0.328 e. The Balaban J connectivity index is 1.05. The van der Waals surface area contributed by atoms with Gasteiger partial charge in [0.05, 0.1) is 16.7 Å². The number of nitrogens with zero attached hydrogens (tertiary/aromatic N) is 3. The van der Waals surface area contributed by atoms with Crippen LogP contribution in [-0.2, 0) is 14.1 Å². The lowest BCUT2D eigenvalue weighted by atomic mass is 9.95. The standard InChI is InChI=1S/C47H34N4O2/c1-50-40-24-22-34(27-41(40)51(2)47(50)52)33-13-8-14-35(26-33)39-28-38(48-46(49-39)32-11-4-3-5-12-32)31-20-18-30(19-21-31)37-16-9-17-42-44(37)45-36-15-7-6-10-29(36)23-25-43(45)53-42/h3-28,46,49H,1-2H3. The number of benzene rings is 7. The van der Waals surface area contributed by atoms with E-state index in [9.17, 15) is 4.79 Å². The number of allylic oxidation sites excluding steroid dienone is 1. The quantitative estimate of drug-likeness (QED) is 0.196. The van der Waals surface area contributed by atoms with Gasteiger partial charge in [0.1, 0.15) is 17.3 Å². The second-order valence-corrected chi connectivity index (χ2v) is 13.7. The average molecular weight is 687 g/mol. The first-order valence-electron chi connectivity index (χ1n) is 17.8. The molecule has 0 fully saturated rings. The molecule has 254 valence electrons. The van der Waals surface area contributed by atoms with Crippen molar-refractivity contribution < 1.29 is 4.42 Å². The molecule has 6 heteroatoms. The summed E-state index contributed by atoms with van der Waals surface area (Å²) in [5, 5.41) is 8.38. The summed E-state index contributed by atoms with van der Waals surface area (Å²) in [7, 11) is 3.63. The van der Waals surface area contributed by atoms with Crippen LogP contribution in [0, 0.1) is 0 Å². The summed E-state index contributed by atoms with van der Waals surface area (Å²) in [6.45, 7) is 0. The predicted molar refractivity (Wildman–Crippen MR) is 217 cm³/mol. The average Bonchev–Trinajstić information content (AvgIpc) is 3.72. The lowest BCUT2D eigenvalue weighted by Crippen LogP contribution is -2.24. The molecule has 0 saturated carbocycles. The molecule has 0 amide bonds. The Hall–Kier alpha value is -6.92. The van der Waals surface area contributed by atoms with Crippen LogP contribution in [0.15, 0.2) is 172 Å². The van der Waals surface area contributed by atoms with E-state index in [-0.39, 0.29) is 11.9 Å². The van der Waals surface area contributed by atoms with Gasteiger partial charge in [-0.2, -0.15) is 0 Å². The number of aliphatic imine (C=N–C) groups is 1. The monoisotopic (exact) mass is 686 g/mol. The first-order chi connectivity index (χ1) is 26.0. The van der Waals surface area contributed by atoms with Gasteiger partial charge in [0.2, 0.25) is 0 Å². The number of aryl methyl sites for hydroxylation is 2. The zero-order valence-electron chi connectivity index (χ0n) is 29.2. The highest BCUT2D eigenvalue weighted by molar-refractivity contribution is 6.22.